The number of piperazine rings is 1. The molecule has 4 bridgehead atoms. The van der Waals surface area contributed by atoms with Crippen LogP contribution in [0.4, 0.5) is 11.8 Å². The predicted molar refractivity (Wildman–Crippen MR) is 135 cm³/mol. The quantitative estimate of drug-likeness (QED) is 0.565. The summed E-state index contributed by atoms with van der Waals surface area (Å²) < 4.78 is 1.90. The molecule has 5 aliphatic rings. The summed E-state index contributed by atoms with van der Waals surface area (Å²) in [4.78, 5) is 35.7. The molecule has 5 fully saturated rings. The molecule has 3 aromatic heterocycles. The molecule has 0 unspecified atom stereocenters. The van der Waals surface area contributed by atoms with Gasteiger partial charge in [-0.2, -0.15) is 5.10 Å². The average Bonchev–Trinajstić information content (AvgIpc) is 3.32. The maximum absolute atomic E-state index is 13.3. The van der Waals surface area contributed by atoms with Crippen molar-refractivity contribution in [2.75, 3.05) is 42.5 Å². The zero-order chi connectivity index (χ0) is 24.1. The van der Waals surface area contributed by atoms with Gasteiger partial charge in [0.1, 0.15) is 12.1 Å². The van der Waals surface area contributed by atoms with Gasteiger partial charge in [0.15, 0.2) is 5.65 Å². The first-order chi connectivity index (χ1) is 17.7. The average molecular weight is 488 g/mol. The monoisotopic (exact) mass is 487 g/mol. The largest absolute Gasteiger partial charge is 0.354 e. The van der Waals surface area contributed by atoms with E-state index in [0.29, 0.717) is 13.1 Å². The van der Waals surface area contributed by atoms with Crippen LogP contribution < -0.4 is 15.1 Å². The van der Waals surface area contributed by atoms with E-state index in [2.05, 4.69) is 40.2 Å². The number of aromatic nitrogens is 6. The van der Waals surface area contributed by atoms with E-state index in [0.717, 1.165) is 86.0 Å². The summed E-state index contributed by atoms with van der Waals surface area (Å²) in [5.74, 6) is 4.28. The molecule has 0 radical (unpaired) electrons. The van der Waals surface area contributed by atoms with Crippen molar-refractivity contribution in [3.05, 3.63) is 31.0 Å². The van der Waals surface area contributed by atoms with Gasteiger partial charge < -0.3 is 15.1 Å². The van der Waals surface area contributed by atoms with Crippen LogP contribution in [0.25, 0.3) is 11.0 Å². The Labute approximate surface area is 210 Å². The van der Waals surface area contributed by atoms with E-state index in [9.17, 15) is 4.79 Å². The Hall–Kier alpha value is -3.30. The molecule has 3 aromatic rings. The van der Waals surface area contributed by atoms with Crippen LogP contribution in [-0.4, -0.2) is 68.3 Å². The fourth-order valence-electron chi connectivity index (χ4n) is 7.72. The van der Waals surface area contributed by atoms with Gasteiger partial charge in [-0.15, -0.1) is 0 Å². The van der Waals surface area contributed by atoms with Gasteiger partial charge in [0.25, 0.3) is 0 Å². The summed E-state index contributed by atoms with van der Waals surface area (Å²) in [6.45, 7) is 4.51. The fraction of sp³-hybridized carbons (Fsp3) is 0.615. The van der Waals surface area contributed by atoms with Crippen LogP contribution in [0.15, 0.2) is 31.0 Å². The van der Waals surface area contributed by atoms with Gasteiger partial charge in [-0.25, -0.2) is 24.6 Å². The third-order valence-electron chi connectivity index (χ3n) is 8.96. The molecule has 4 saturated carbocycles. The molecule has 188 valence electrons. The zero-order valence-electron chi connectivity index (χ0n) is 20.6. The SMILES string of the molecule is O=C(NCCn1ncc2c(N3CCN(c4ncccn4)CC3)ncnc21)C12CC3CC(CC(C3)C1)C2. The number of nitrogens with one attached hydrogen (secondary N) is 1. The van der Waals surface area contributed by atoms with Gasteiger partial charge in [0.05, 0.1) is 18.1 Å². The van der Waals surface area contributed by atoms with Crippen molar-refractivity contribution >= 4 is 28.7 Å². The lowest BCUT2D eigenvalue weighted by molar-refractivity contribution is -0.146. The smallest absolute Gasteiger partial charge is 0.226 e. The van der Waals surface area contributed by atoms with E-state index in [4.69, 9.17) is 0 Å². The normalized spacial score (nSPS) is 29.2. The van der Waals surface area contributed by atoms with Crippen molar-refractivity contribution in [3.63, 3.8) is 0 Å². The summed E-state index contributed by atoms with van der Waals surface area (Å²) in [5, 5.41) is 8.83. The van der Waals surface area contributed by atoms with Crippen molar-refractivity contribution in [3.8, 4) is 0 Å². The molecule has 0 atom stereocenters. The molecule has 10 heteroatoms. The first-order valence-electron chi connectivity index (χ1n) is 13.4. The van der Waals surface area contributed by atoms with E-state index in [1.54, 1.807) is 18.7 Å². The predicted octanol–water partition coefficient (Wildman–Crippen LogP) is 2.28. The lowest BCUT2D eigenvalue weighted by Crippen LogP contribution is -2.53. The molecule has 4 heterocycles. The molecule has 8 rings (SSSR count). The zero-order valence-corrected chi connectivity index (χ0v) is 20.6. The lowest BCUT2D eigenvalue weighted by atomic mass is 9.49. The minimum Gasteiger partial charge on any atom is -0.354 e. The number of carbonyl (C=O) groups is 1. The molecule has 0 spiro atoms. The minimum absolute atomic E-state index is 0.108. The van der Waals surface area contributed by atoms with Gasteiger partial charge in [0, 0.05) is 50.5 Å². The molecule has 1 amide bonds. The fourth-order valence-corrected chi connectivity index (χ4v) is 7.72. The topological polar surface area (TPSA) is 105 Å². The molecule has 1 N–H and O–H groups in total. The second kappa shape index (κ2) is 8.67. The van der Waals surface area contributed by atoms with E-state index in [1.807, 2.05) is 16.9 Å². The number of hydrogen-bond acceptors (Lipinski definition) is 8. The van der Waals surface area contributed by atoms with Crippen LogP contribution in [0.5, 0.6) is 0 Å². The maximum Gasteiger partial charge on any atom is 0.226 e. The maximum atomic E-state index is 13.3. The van der Waals surface area contributed by atoms with E-state index in [-0.39, 0.29) is 11.3 Å². The van der Waals surface area contributed by atoms with Crippen LogP contribution in [0.1, 0.15) is 38.5 Å². The highest BCUT2D eigenvalue weighted by atomic mass is 16.2. The molecule has 0 aromatic carbocycles. The molecule has 1 aliphatic heterocycles. The standard InChI is InChI=1S/C26H33N9O/c36-24(26-13-18-10-19(14-26)12-20(11-18)15-26)27-4-5-35-23-21(16-32-35)22(30-17-31-23)33-6-8-34(9-7-33)25-28-2-1-3-29-25/h1-3,16-20H,4-15H2,(H,27,36). The summed E-state index contributed by atoms with van der Waals surface area (Å²) >= 11 is 0. The summed E-state index contributed by atoms with van der Waals surface area (Å²) in [6.07, 6.45) is 14.4. The third-order valence-corrected chi connectivity index (χ3v) is 8.96. The molecule has 1 saturated heterocycles. The Bertz CT molecular complexity index is 1220. The number of hydrogen-bond donors (Lipinski definition) is 1. The Balaban J connectivity index is 0.999. The van der Waals surface area contributed by atoms with Crippen molar-refractivity contribution in [1.82, 2.24) is 35.0 Å². The third kappa shape index (κ3) is 3.77. The van der Waals surface area contributed by atoms with Crippen molar-refractivity contribution in [1.29, 1.82) is 0 Å². The number of amides is 1. The van der Waals surface area contributed by atoms with Crippen LogP contribution >= 0.6 is 0 Å². The Morgan fingerprint density at radius 2 is 1.58 bits per heavy atom. The number of carbonyl (C=O) groups excluding carboxylic acids is 1. The highest BCUT2D eigenvalue weighted by molar-refractivity contribution is 5.87. The second-order valence-electron chi connectivity index (χ2n) is 11.3. The van der Waals surface area contributed by atoms with Gasteiger partial charge in [-0.3, -0.25) is 4.79 Å². The lowest BCUT2D eigenvalue weighted by Gasteiger charge is -2.55. The number of nitrogens with zero attached hydrogens (tertiary/aromatic N) is 8. The van der Waals surface area contributed by atoms with Gasteiger partial charge >= 0.3 is 0 Å². The summed E-state index contributed by atoms with van der Waals surface area (Å²) in [7, 11) is 0. The molecule has 36 heavy (non-hydrogen) atoms. The van der Waals surface area contributed by atoms with Crippen LogP contribution in [0, 0.1) is 23.2 Å². The highest BCUT2D eigenvalue weighted by Crippen LogP contribution is 2.60. The summed E-state index contributed by atoms with van der Waals surface area (Å²) in [5.41, 5.74) is 0.710. The van der Waals surface area contributed by atoms with Gasteiger partial charge in [0.2, 0.25) is 11.9 Å². The molecular formula is C26H33N9O. The van der Waals surface area contributed by atoms with Crippen LogP contribution in [-0.2, 0) is 11.3 Å². The molecule has 10 nitrogen and oxygen atoms in total. The number of fused-ring (bicyclic) bond motifs is 1. The molecule has 4 aliphatic carbocycles. The number of rotatable bonds is 6. The van der Waals surface area contributed by atoms with E-state index >= 15 is 0 Å². The Morgan fingerprint density at radius 1 is 0.917 bits per heavy atom. The second-order valence-corrected chi connectivity index (χ2v) is 11.3. The first-order valence-corrected chi connectivity index (χ1v) is 13.4. The van der Waals surface area contributed by atoms with Crippen molar-refractivity contribution in [2.24, 2.45) is 23.2 Å². The number of anilines is 2. The Kier molecular flexibility index (Phi) is 5.28. The van der Waals surface area contributed by atoms with Crippen LogP contribution in [0.3, 0.4) is 0 Å². The summed E-state index contributed by atoms with van der Waals surface area (Å²) in [6, 6.07) is 1.84. The van der Waals surface area contributed by atoms with Crippen LogP contribution in [0.2, 0.25) is 0 Å². The Morgan fingerprint density at radius 3 is 2.28 bits per heavy atom. The van der Waals surface area contributed by atoms with Crippen molar-refractivity contribution < 1.29 is 4.79 Å². The minimum atomic E-state index is -0.108. The first kappa shape index (κ1) is 21.9. The van der Waals surface area contributed by atoms with Crippen molar-refractivity contribution in [2.45, 2.75) is 45.1 Å². The van der Waals surface area contributed by atoms with Gasteiger partial charge in [-0.1, -0.05) is 0 Å². The highest BCUT2D eigenvalue weighted by Gasteiger charge is 2.54. The molecular weight excluding hydrogens is 454 g/mol. The van der Waals surface area contributed by atoms with E-state index < -0.39 is 0 Å². The van der Waals surface area contributed by atoms with E-state index in [1.165, 1.54) is 19.3 Å². The van der Waals surface area contributed by atoms with Gasteiger partial charge in [-0.05, 0) is 62.3 Å².